The Hall–Kier alpha value is -2.56. The second-order valence-electron chi connectivity index (χ2n) is 5.15. The number of thiazole rings is 1. The summed E-state index contributed by atoms with van der Waals surface area (Å²) in [4.78, 5) is 27.6. The highest BCUT2D eigenvalue weighted by Crippen LogP contribution is 2.28. The van der Waals surface area contributed by atoms with Crippen molar-refractivity contribution in [3.8, 4) is 5.75 Å². The number of amides is 1. The molecule has 2 aromatic heterocycles. The maximum atomic E-state index is 12.5. The van der Waals surface area contributed by atoms with E-state index in [1.807, 2.05) is 22.8 Å². The van der Waals surface area contributed by atoms with Gasteiger partial charge in [0.25, 0.3) is 5.91 Å². The average Bonchev–Trinajstić information content (AvgIpc) is 3.25. The van der Waals surface area contributed by atoms with Gasteiger partial charge in [0.05, 0.1) is 23.3 Å². The molecule has 0 unspecified atom stereocenters. The van der Waals surface area contributed by atoms with Crippen molar-refractivity contribution in [2.24, 2.45) is 4.99 Å². The molecule has 0 bridgehead atoms. The number of rotatable bonds is 6. The molecule has 2 heterocycles. The molecule has 3 rings (SSSR count). The monoisotopic (exact) mass is 393 g/mol. The first-order chi connectivity index (χ1) is 12.5. The number of ether oxygens (including phenoxy) is 2. The number of nitro groups is 1. The number of hydrogen-bond donors (Lipinski definition) is 0. The number of aromatic nitrogens is 1. The Morgan fingerprint density at radius 3 is 2.73 bits per heavy atom. The predicted octanol–water partition coefficient (Wildman–Crippen LogP) is 3.07. The molecule has 0 aliphatic heterocycles. The van der Waals surface area contributed by atoms with Gasteiger partial charge < -0.3 is 14.0 Å². The molecule has 0 aliphatic rings. The highest BCUT2D eigenvalue weighted by atomic mass is 32.1. The third kappa shape index (κ3) is 3.52. The summed E-state index contributed by atoms with van der Waals surface area (Å²) in [7, 11) is 3.18. The molecule has 26 heavy (non-hydrogen) atoms. The molecule has 1 amide bonds. The van der Waals surface area contributed by atoms with Gasteiger partial charge >= 0.3 is 5.00 Å². The van der Waals surface area contributed by atoms with E-state index in [0.29, 0.717) is 23.7 Å². The summed E-state index contributed by atoms with van der Waals surface area (Å²) in [6, 6.07) is 8.35. The van der Waals surface area contributed by atoms with Gasteiger partial charge in [-0.05, 0) is 18.2 Å². The van der Waals surface area contributed by atoms with Crippen LogP contribution in [0.1, 0.15) is 9.67 Å². The minimum atomic E-state index is -0.523. The van der Waals surface area contributed by atoms with Crippen LogP contribution in [0.25, 0.3) is 10.2 Å². The lowest BCUT2D eigenvalue weighted by Gasteiger charge is -2.07. The second kappa shape index (κ2) is 7.77. The van der Waals surface area contributed by atoms with Gasteiger partial charge in [0.2, 0.25) is 0 Å². The molecule has 0 spiro atoms. The zero-order chi connectivity index (χ0) is 18.7. The van der Waals surface area contributed by atoms with Gasteiger partial charge in [0.15, 0.2) is 4.80 Å². The van der Waals surface area contributed by atoms with E-state index in [1.54, 1.807) is 14.2 Å². The lowest BCUT2D eigenvalue weighted by molar-refractivity contribution is -0.380. The van der Waals surface area contributed by atoms with E-state index in [-0.39, 0.29) is 9.88 Å². The highest BCUT2D eigenvalue weighted by molar-refractivity contribution is 7.17. The number of para-hydroxylation sites is 1. The molecule has 0 saturated carbocycles. The lowest BCUT2D eigenvalue weighted by atomic mass is 10.3. The third-order valence-electron chi connectivity index (χ3n) is 3.58. The Morgan fingerprint density at radius 1 is 1.27 bits per heavy atom. The summed E-state index contributed by atoms with van der Waals surface area (Å²) < 4.78 is 13.4. The second-order valence-corrected chi connectivity index (χ2v) is 7.22. The van der Waals surface area contributed by atoms with Crippen LogP contribution in [0.5, 0.6) is 5.75 Å². The van der Waals surface area contributed by atoms with Crippen molar-refractivity contribution in [1.29, 1.82) is 0 Å². The summed E-state index contributed by atoms with van der Waals surface area (Å²) in [5, 5.41) is 10.7. The van der Waals surface area contributed by atoms with Crippen LogP contribution < -0.4 is 9.54 Å². The van der Waals surface area contributed by atoms with E-state index in [1.165, 1.54) is 23.5 Å². The Balaban J connectivity index is 2.11. The van der Waals surface area contributed by atoms with E-state index in [0.717, 1.165) is 21.6 Å². The molecule has 136 valence electrons. The first-order valence-corrected chi connectivity index (χ1v) is 9.17. The van der Waals surface area contributed by atoms with E-state index < -0.39 is 10.8 Å². The van der Waals surface area contributed by atoms with Crippen molar-refractivity contribution in [2.75, 3.05) is 20.8 Å². The molecule has 0 radical (unpaired) electrons. The molecule has 0 fully saturated rings. The summed E-state index contributed by atoms with van der Waals surface area (Å²) in [5.41, 5.74) is 0.834. The number of thiophene rings is 1. The summed E-state index contributed by atoms with van der Waals surface area (Å²) >= 11 is 2.16. The summed E-state index contributed by atoms with van der Waals surface area (Å²) in [6.45, 7) is 0.934. The summed E-state index contributed by atoms with van der Waals surface area (Å²) in [6.07, 6.45) is 0. The van der Waals surface area contributed by atoms with Crippen LogP contribution in [0.4, 0.5) is 5.00 Å². The maximum Gasteiger partial charge on any atom is 0.324 e. The van der Waals surface area contributed by atoms with Crippen molar-refractivity contribution in [2.45, 2.75) is 6.54 Å². The molecule has 10 heteroatoms. The fourth-order valence-electron chi connectivity index (χ4n) is 2.42. The zero-order valence-electron chi connectivity index (χ0n) is 14.0. The number of fused-ring (bicyclic) bond motifs is 1. The van der Waals surface area contributed by atoms with Crippen LogP contribution >= 0.6 is 22.7 Å². The van der Waals surface area contributed by atoms with Gasteiger partial charge in [-0.1, -0.05) is 28.7 Å². The van der Waals surface area contributed by atoms with Crippen molar-refractivity contribution in [3.05, 3.63) is 50.1 Å². The number of carbonyl (C=O) groups is 1. The van der Waals surface area contributed by atoms with Crippen LogP contribution in [-0.4, -0.2) is 36.2 Å². The largest absolute Gasteiger partial charge is 0.495 e. The number of methoxy groups -OCH3 is 2. The Kier molecular flexibility index (Phi) is 5.45. The maximum absolute atomic E-state index is 12.5. The molecule has 8 nitrogen and oxygen atoms in total. The van der Waals surface area contributed by atoms with Crippen LogP contribution in [0.3, 0.4) is 0 Å². The smallest absolute Gasteiger partial charge is 0.324 e. The van der Waals surface area contributed by atoms with Gasteiger partial charge in [-0.25, -0.2) is 0 Å². The van der Waals surface area contributed by atoms with Gasteiger partial charge in [-0.15, -0.1) is 0 Å². The Morgan fingerprint density at radius 2 is 2.08 bits per heavy atom. The molecular weight excluding hydrogens is 378 g/mol. The third-order valence-corrected chi connectivity index (χ3v) is 5.65. The van der Waals surface area contributed by atoms with Crippen molar-refractivity contribution >= 4 is 43.8 Å². The van der Waals surface area contributed by atoms with E-state index in [4.69, 9.17) is 9.47 Å². The molecule has 0 aliphatic carbocycles. The number of carbonyl (C=O) groups excluding carboxylic acids is 1. The minimum Gasteiger partial charge on any atom is -0.495 e. The van der Waals surface area contributed by atoms with Crippen molar-refractivity contribution in [1.82, 2.24) is 4.57 Å². The fraction of sp³-hybridized carbons (Fsp3) is 0.250. The normalized spacial score (nSPS) is 11.8. The molecule has 0 saturated heterocycles. The highest BCUT2D eigenvalue weighted by Gasteiger charge is 2.16. The summed E-state index contributed by atoms with van der Waals surface area (Å²) in [5.74, 6) is 0.162. The Labute approximate surface area is 156 Å². The minimum absolute atomic E-state index is 0.0891. The number of nitrogens with zero attached hydrogens (tertiary/aromatic N) is 3. The van der Waals surface area contributed by atoms with E-state index in [9.17, 15) is 14.9 Å². The first kappa shape index (κ1) is 18.2. The predicted molar refractivity (Wildman–Crippen MR) is 99.1 cm³/mol. The standard InChI is InChI=1S/C16H15N3O5S2/c1-23-9-8-18-14-10(24-2)4-3-5-11(14)26-16(18)17-15(20)12-6-7-13(25-12)19(21)22/h3-7H,8-9H2,1-2H3. The topological polar surface area (TPSA) is 96.0 Å². The van der Waals surface area contributed by atoms with Crippen LogP contribution in [0.15, 0.2) is 35.3 Å². The van der Waals surface area contributed by atoms with Gasteiger partial charge in [0, 0.05) is 19.7 Å². The lowest BCUT2D eigenvalue weighted by Crippen LogP contribution is -2.19. The molecule has 0 atom stereocenters. The fourth-order valence-corrected chi connectivity index (χ4v) is 4.20. The zero-order valence-corrected chi connectivity index (χ0v) is 15.6. The SMILES string of the molecule is COCCn1c(=NC(=O)c2ccc([N+](=O)[O-])s2)sc2cccc(OC)c21. The van der Waals surface area contributed by atoms with Crippen LogP contribution in [0, 0.1) is 10.1 Å². The van der Waals surface area contributed by atoms with E-state index >= 15 is 0 Å². The number of hydrogen-bond acceptors (Lipinski definition) is 7. The molecule has 3 aromatic rings. The molecule has 1 aromatic carbocycles. The van der Waals surface area contributed by atoms with Gasteiger partial charge in [0.1, 0.15) is 16.1 Å². The van der Waals surface area contributed by atoms with Gasteiger partial charge in [-0.3, -0.25) is 14.9 Å². The molecule has 0 N–H and O–H groups in total. The quantitative estimate of drug-likeness (QED) is 0.474. The van der Waals surface area contributed by atoms with Crippen molar-refractivity contribution < 1.29 is 19.2 Å². The first-order valence-electron chi connectivity index (χ1n) is 7.53. The van der Waals surface area contributed by atoms with Crippen molar-refractivity contribution in [3.63, 3.8) is 0 Å². The van der Waals surface area contributed by atoms with Crippen LogP contribution in [-0.2, 0) is 11.3 Å². The average molecular weight is 393 g/mol. The van der Waals surface area contributed by atoms with Gasteiger partial charge in [-0.2, -0.15) is 4.99 Å². The number of benzene rings is 1. The van der Waals surface area contributed by atoms with Crippen LogP contribution in [0.2, 0.25) is 0 Å². The molecular formula is C16H15N3O5S2. The van der Waals surface area contributed by atoms with E-state index in [2.05, 4.69) is 4.99 Å². The Bertz CT molecular complexity index is 1030.